The van der Waals surface area contributed by atoms with Gasteiger partial charge in [-0.1, -0.05) is 42.5 Å². The molecule has 0 spiro atoms. The maximum Gasteiger partial charge on any atom is 0.253 e. The minimum absolute atomic E-state index is 0.000515. The molecule has 0 fully saturated rings. The van der Waals surface area contributed by atoms with E-state index < -0.39 is 0 Å². The number of carbonyl (C=O) groups is 2. The predicted octanol–water partition coefficient (Wildman–Crippen LogP) is 2.66. The van der Waals surface area contributed by atoms with Crippen molar-refractivity contribution in [3.05, 3.63) is 66.0 Å². The van der Waals surface area contributed by atoms with Crippen molar-refractivity contribution in [1.82, 2.24) is 20.1 Å². The molecule has 31 heavy (non-hydrogen) atoms. The number of aromatic nitrogens is 3. The number of amides is 2. The second-order valence-electron chi connectivity index (χ2n) is 7.48. The van der Waals surface area contributed by atoms with Gasteiger partial charge in [0.25, 0.3) is 5.91 Å². The summed E-state index contributed by atoms with van der Waals surface area (Å²) >= 11 is 0. The van der Waals surface area contributed by atoms with Gasteiger partial charge < -0.3 is 19.9 Å². The Morgan fingerprint density at radius 3 is 2.65 bits per heavy atom. The Kier molecular flexibility index (Phi) is 6.37. The van der Waals surface area contributed by atoms with E-state index in [0.29, 0.717) is 11.3 Å². The number of rotatable bonds is 6. The largest absolute Gasteiger partial charge is 0.375 e. The fourth-order valence-corrected chi connectivity index (χ4v) is 3.80. The van der Waals surface area contributed by atoms with Crippen LogP contribution in [-0.2, 0) is 22.5 Å². The van der Waals surface area contributed by atoms with Gasteiger partial charge in [0, 0.05) is 31.7 Å². The molecule has 1 aliphatic rings. The van der Waals surface area contributed by atoms with E-state index in [-0.39, 0.29) is 24.5 Å². The fraction of sp³-hybridized carbons (Fsp3) is 0.304. The summed E-state index contributed by atoms with van der Waals surface area (Å²) < 4.78 is 6.99. The molecule has 0 aliphatic carbocycles. The molecule has 160 valence electrons. The molecule has 8 nitrogen and oxygen atoms in total. The SMILES string of the molecule is COCC(=O)Nc1ccccc1C(=O)NC1CCc2nnc(-c3ccccc3)n2CC1. The second kappa shape index (κ2) is 9.53. The molecule has 0 saturated heterocycles. The van der Waals surface area contributed by atoms with Crippen LogP contribution in [0.4, 0.5) is 5.69 Å². The van der Waals surface area contributed by atoms with Crippen molar-refractivity contribution in [2.45, 2.75) is 31.8 Å². The smallest absolute Gasteiger partial charge is 0.253 e. The predicted molar refractivity (Wildman–Crippen MR) is 117 cm³/mol. The lowest BCUT2D eigenvalue weighted by atomic mass is 10.1. The number of anilines is 1. The van der Waals surface area contributed by atoms with Crippen molar-refractivity contribution in [3.8, 4) is 11.4 Å². The summed E-state index contributed by atoms with van der Waals surface area (Å²) in [5.41, 5.74) is 1.93. The Balaban J connectivity index is 1.44. The number of methoxy groups -OCH3 is 1. The Hall–Kier alpha value is -3.52. The molecule has 4 rings (SSSR count). The van der Waals surface area contributed by atoms with Crippen molar-refractivity contribution in [2.75, 3.05) is 19.0 Å². The zero-order valence-corrected chi connectivity index (χ0v) is 17.4. The van der Waals surface area contributed by atoms with Crippen molar-refractivity contribution in [1.29, 1.82) is 0 Å². The minimum Gasteiger partial charge on any atom is -0.375 e. The van der Waals surface area contributed by atoms with Gasteiger partial charge in [-0.2, -0.15) is 0 Å². The normalized spacial score (nSPS) is 15.6. The summed E-state index contributed by atoms with van der Waals surface area (Å²) in [4.78, 5) is 24.8. The number of para-hydroxylation sites is 1. The lowest BCUT2D eigenvalue weighted by Gasteiger charge is -2.18. The molecule has 1 atom stereocenters. The van der Waals surface area contributed by atoms with Crippen LogP contribution in [0.25, 0.3) is 11.4 Å². The van der Waals surface area contributed by atoms with Crippen molar-refractivity contribution in [2.24, 2.45) is 0 Å². The van der Waals surface area contributed by atoms with Crippen LogP contribution in [0.15, 0.2) is 54.6 Å². The summed E-state index contributed by atoms with van der Waals surface area (Å²) in [6.07, 6.45) is 2.28. The highest BCUT2D eigenvalue weighted by atomic mass is 16.5. The van der Waals surface area contributed by atoms with Crippen LogP contribution < -0.4 is 10.6 Å². The molecule has 0 bridgehead atoms. The Morgan fingerprint density at radius 1 is 1.06 bits per heavy atom. The highest BCUT2D eigenvalue weighted by Gasteiger charge is 2.23. The Labute approximate surface area is 180 Å². The van der Waals surface area contributed by atoms with Gasteiger partial charge in [-0.15, -0.1) is 10.2 Å². The lowest BCUT2D eigenvalue weighted by Crippen LogP contribution is -2.35. The zero-order valence-electron chi connectivity index (χ0n) is 17.4. The maximum atomic E-state index is 13.0. The molecular formula is C23H25N5O3. The average Bonchev–Trinajstić information content (AvgIpc) is 3.09. The summed E-state index contributed by atoms with van der Waals surface area (Å²) in [7, 11) is 1.45. The number of benzene rings is 2. The number of nitrogens with one attached hydrogen (secondary N) is 2. The third-order valence-corrected chi connectivity index (χ3v) is 5.33. The summed E-state index contributed by atoms with van der Waals surface area (Å²) in [6, 6.07) is 17.0. The van der Waals surface area contributed by atoms with Crippen molar-refractivity contribution in [3.63, 3.8) is 0 Å². The number of carbonyl (C=O) groups excluding carboxylic acids is 2. The van der Waals surface area contributed by atoms with E-state index in [2.05, 4.69) is 25.4 Å². The first-order valence-corrected chi connectivity index (χ1v) is 10.3. The topological polar surface area (TPSA) is 98.1 Å². The van der Waals surface area contributed by atoms with E-state index >= 15 is 0 Å². The van der Waals surface area contributed by atoms with Gasteiger partial charge in [0.2, 0.25) is 5.91 Å². The van der Waals surface area contributed by atoms with Gasteiger partial charge in [-0.05, 0) is 25.0 Å². The highest BCUT2D eigenvalue weighted by molar-refractivity contribution is 6.04. The Morgan fingerprint density at radius 2 is 1.84 bits per heavy atom. The van der Waals surface area contributed by atoms with Gasteiger partial charge in [0.15, 0.2) is 5.82 Å². The molecule has 2 N–H and O–H groups in total. The van der Waals surface area contributed by atoms with Gasteiger partial charge in [0.05, 0.1) is 11.3 Å². The van der Waals surface area contributed by atoms with Crippen LogP contribution in [0.5, 0.6) is 0 Å². The number of nitrogens with zero attached hydrogens (tertiary/aromatic N) is 3. The zero-order chi connectivity index (χ0) is 21.6. The number of hydrogen-bond acceptors (Lipinski definition) is 5. The molecule has 1 aromatic heterocycles. The standard InChI is InChI=1S/C23H25N5O3/c1-31-15-21(29)25-19-10-6-5-9-18(19)23(30)24-17-11-12-20-26-27-22(28(20)14-13-17)16-7-3-2-4-8-16/h2-10,17H,11-15H2,1H3,(H,24,30)(H,25,29). The number of fused-ring (bicyclic) bond motifs is 1. The highest BCUT2D eigenvalue weighted by Crippen LogP contribution is 2.23. The summed E-state index contributed by atoms with van der Waals surface area (Å²) in [5, 5.41) is 14.6. The van der Waals surface area contributed by atoms with E-state index in [1.807, 2.05) is 30.3 Å². The first kappa shape index (κ1) is 20.7. The van der Waals surface area contributed by atoms with Gasteiger partial charge in [-0.25, -0.2) is 0 Å². The third-order valence-electron chi connectivity index (χ3n) is 5.33. The molecule has 8 heteroatoms. The number of ether oxygens (including phenoxy) is 1. The monoisotopic (exact) mass is 419 g/mol. The molecule has 0 radical (unpaired) electrons. The second-order valence-corrected chi connectivity index (χ2v) is 7.48. The minimum atomic E-state index is -0.302. The van der Waals surface area contributed by atoms with Gasteiger partial charge in [0.1, 0.15) is 12.4 Å². The van der Waals surface area contributed by atoms with Crippen LogP contribution >= 0.6 is 0 Å². The average molecular weight is 419 g/mol. The van der Waals surface area contributed by atoms with E-state index in [1.54, 1.807) is 24.3 Å². The summed E-state index contributed by atoms with van der Waals surface area (Å²) in [5.74, 6) is 1.28. The lowest BCUT2D eigenvalue weighted by molar-refractivity contribution is -0.119. The van der Waals surface area contributed by atoms with Gasteiger partial charge in [-0.3, -0.25) is 9.59 Å². The first-order valence-electron chi connectivity index (χ1n) is 10.3. The van der Waals surface area contributed by atoms with E-state index in [4.69, 9.17) is 4.74 Å². The van der Waals surface area contributed by atoms with Crippen molar-refractivity contribution >= 4 is 17.5 Å². The van der Waals surface area contributed by atoms with Crippen LogP contribution in [0.1, 0.15) is 29.0 Å². The fourth-order valence-electron chi connectivity index (χ4n) is 3.80. The first-order chi connectivity index (χ1) is 15.2. The molecule has 0 saturated carbocycles. The van der Waals surface area contributed by atoms with Crippen molar-refractivity contribution < 1.29 is 14.3 Å². The van der Waals surface area contributed by atoms with Crippen LogP contribution in [-0.4, -0.2) is 46.3 Å². The van der Waals surface area contributed by atoms with Gasteiger partial charge >= 0.3 is 0 Å². The molecule has 1 aliphatic heterocycles. The van der Waals surface area contributed by atoms with E-state index in [9.17, 15) is 9.59 Å². The van der Waals surface area contributed by atoms with Crippen LogP contribution in [0.3, 0.4) is 0 Å². The Bertz CT molecular complexity index is 1060. The molecule has 2 heterocycles. The molecule has 2 amide bonds. The van der Waals surface area contributed by atoms with E-state index in [1.165, 1.54) is 7.11 Å². The maximum absolute atomic E-state index is 13.0. The number of hydrogen-bond donors (Lipinski definition) is 2. The summed E-state index contributed by atoms with van der Waals surface area (Å²) in [6.45, 7) is 0.658. The third kappa shape index (κ3) is 4.80. The molecule has 2 aromatic carbocycles. The quantitative estimate of drug-likeness (QED) is 0.640. The van der Waals surface area contributed by atoms with E-state index in [0.717, 1.165) is 43.0 Å². The number of aryl methyl sites for hydroxylation is 1. The molecule has 3 aromatic rings. The molecular weight excluding hydrogens is 394 g/mol. The van der Waals surface area contributed by atoms with Crippen LogP contribution in [0, 0.1) is 0 Å². The van der Waals surface area contributed by atoms with Crippen LogP contribution in [0.2, 0.25) is 0 Å². The molecule has 1 unspecified atom stereocenters.